The summed E-state index contributed by atoms with van der Waals surface area (Å²) >= 11 is 3.52. The Labute approximate surface area is 195 Å². The van der Waals surface area contributed by atoms with Crippen LogP contribution in [0.2, 0.25) is 0 Å². The Morgan fingerprint density at radius 2 is 1.88 bits per heavy atom. The number of hydrogen-bond acceptors (Lipinski definition) is 5. The van der Waals surface area contributed by atoms with Gasteiger partial charge >= 0.3 is 0 Å². The Hall–Kier alpha value is -2.26. The lowest BCUT2D eigenvalue weighted by molar-refractivity contribution is -0.169. The summed E-state index contributed by atoms with van der Waals surface area (Å²) in [6.45, 7) is 2.96. The molecule has 5 rings (SSSR count). The lowest BCUT2D eigenvalue weighted by Crippen LogP contribution is -2.22. The Kier molecular flexibility index (Phi) is 5.79. The van der Waals surface area contributed by atoms with E-state index in [4.69, 9.17) is 9.47 Å². The monoisotopic (exact) mass is 514 g/mol. The summed E-state index contributed by atoms with van der Waals surface area (Å²) < 4.78 is 41.0. The highest BCUT2D eigenvalue weighted by molar-refractivity contribution is 9.10. The zero-order valence-corrected chi connectivity index (χ0v) is 20.0. The molecule has 2 aromatic carbocycles. The Morgan fingerprint density at radius 1 is 1.09 bits per heavy atom. The van der Waals surface area contributed by atoms with Crippen LogP contribution in [0, 0.1) is 6.92 Å². The summed E-state index contributed by atoms with van der Waals surface area (Å²) in [6, 6.07) is 14.4. The first-order chi connectivity index (χ1) is 15.4. The molecule has 1 aliphatic heterocycles. The van der Waals surface area contributed by atoms with Crippen molar-refractivity contribution in [1.29, 1.82) is 0 Å². The molecule has 0 saturated carbocycles. The van der Waals surface area contributed by atoms with Crippen molar-refractivity contribution in [2.45, 2.75) is 44.0 Å². The third kappa shape index (κ3) is 3.96. The number of ether oxygens (including phenoxy) is 2. The standard InChI is InChI=1S/C24H23BrN2O4S/c1-16-5-8-19(9-6-16)32(28,29)27-22-10-7-17(25)12-20(22)21-13-18(26-14-23(21)27)15-31-24-4-2-3-11-30-24/h5-10,12-14,24H,2-4,11,15H2,1H3. The van der Waals surface area contributed by atoms with E-state index in [1.54, 1.807) is 30.5 Å². The van der Waals surface area contributed by atoms with Gasteiger partial charge in [-0.25, -0.2) is 12.4 Å². The molecule has 3 heterocycles. The molecular weight excluding hydrogens is 492 g/mol. The maximum atomic E-state index is 13.6. The van der Waals surface area contributed by atoms with Gasteiger partial charge in [0.15, 0.2) is 6.29 Å². The number of hydrogen-bond donors (Lipinski definition) is 0. The van der Waals surface area contributed by atoms with Crippen molar-refractivity contribution in [2.75, 3.05) is 6.61 Å². The molecule has 0 spiro atoms. The van der Waals surface area contributed by atoms with Crippen LogP contribution in [0.1, 0.15) is 30.5 Å². The number of nitrogens with zero attached hydrogens (tertiary/aromatic N) is 2. The molecule has 0 bridgehead atoms. The zero-order valence-electron chi connectivity index (χ0n) is 17.6. The van der Waals surface area contributed by atoms with E-state index in [2.05, 4.69) is 20.9 Å². The molecule has 1 aliphatic rings. The Balaban J connectivity index is 1.62. The summed E-state index contributed by atoms with van der Waals surface area (Å²) in [5.74, 6) is 0. The van der Waals surface area contributed by atoms with E-state index < -0.39 is 10.0 Å². The predicted octanol–water partition coefficient (Wildman–Crippen LogP) is 5.54. The van der Waals surface area contributed by atoms with Gasteiger partial charge in [-0.2, -0.15) is 0 Å². The first-order valence-corrected chi connectivity index (χ1v) is 12.8. The quantitative estimate of drug-likeness (QED) is 0.349. The maximum absolute atomic E-state index is 13.6. The summed E-state index contributed by atoms with van der Waals surface area (Å²) in [6.07, 6.45) is 4.45. The number of rotatable bonds is 5. The van der Waals surface area contributed by atoms with Gasteiger partial charge in [0, 0.05) is 21.9 Å². The van der Waals surface area contributed by atoms with Crippen molar-refractivity contribution < 1.29 is 17.9 Å². The van der Waals surface area contributed by atoms with Gasteiger partial charge in [-0.15, -0.1) is 0 Å². The Morgan fingerprint density at radius 3 is 2.62 bits per heavy atom. The van der Waals surface area contributed by atoms with Crippen LogP contribution in [0.5, 0.6) is 0 Å². The van der Waals surface area contributed by atoms with Crippen LogP contribution in [-0.2, 0) is 26.1 Å². The zero-order chi connectivity index (χ0) is 22.3. The van der Waals surface area contributed by atoms with Crippen molar-refractivity contribution in [3.05, 3.63) is 70.5 Å². The summed E-state index contributed by atoms with van der Waals surface area (Å²) in [5.41, 5.74) is 2.89. The van der Waals surface area contributed by atoms with Crippen LogP contribution in [0.4, 0.5) is 0 Å². The van der Waals surface area contributed by atoms with Gasteiger partial charge in [-0.1, -0.05) is 33.6 Å². The number of fused-ring (bicyclic) bond motifs is 3. The van der Waals surface area contributed by atoms with Crippen molar-refractivity contribution >= 4 is 47.8 Å². The molecule has 0 aliphatic carbocycles. The smallest absolute Gasteiger partial charge is 0.268 e. The van der Waals surface area contributed by atoms with E-state index in [-0.39, 0.29) is 11.2 Å². The second-order valence-corrected chi connectivity index (χ2v) is 10.7. The molecule has 8 heteroatoms. The van der Waals surface area contributed by atoms with Gasteiger partial charge in [0.2, 0.25) is 0 Å². The molecule has 166 valence electrons. The van der Waals surface area contributed by atoms with Crippen LogP contribution in [0.3, 0.4) is 0 Å². The fraction of sp³-hybridized carbons (Fsp3) is 0.292. The number of aromatic nitrogens is 2. The van der Waals surface area contributed by atoms with E-state index in [1.165, 1.54) is 3.97 Å². The van der Waals surface area contributed by atoms with Gasteiger partial charge in [0.1, 0.15) is 0 Å². The number of halogens is 1. The van der Waals surface area contributed by atoms with Crippen LogP contribution < -0.4 is 0 Å². The minimum atomic E-state index is -3.81. The third-order valence-corrected chi connectivity index (χ3v) is 7.98. The molecule has 0 N–H and O–H groups in total. The topological polar surface area (TPSA) is 70.4 Å². The fourth-order valence-electron chi connectivity index (χ4n) is 4.07. The van der Waals surface area contributed by atoms with Crippen molar-refractivity contribution in [2.24, 2.45) is 0 Å². The van der Waals surface area contributed by atoms with Crippen LogP contribution in [0.15, 0.2) is 64.1 Å². The molecule has 1 fully saturated rings. The maximum Gasteiger partial charge on any atom is 0.268 e. The van der Waals surface area contributed by atoms with Gasteiger partial charge in [-0.3, -0.25) is 4.98 Å². The van der Waals surface area contributed by atoms with Crippen LogP contribution in [-0.4, -0.2) is 30.3 Å². The molecule has 1 saturated heterocycles. The fourth-order valence-corrected chi connectivity index (χ4v) is 5.95. The lowest BCUT2D eigenvalue weighted by atomic mass is 10.1. The van der Waals surface area contributed by atoms with E-state index in [0.29, 0.717) is 17.6 Å². The molecule has 1 unspecified atom stereocenters. The SMILES string of the molecule is Cc1ccc(S(=O)(=O)n2c3ccc(Br)cc3c3cc(COC4CCCCO4)ncc32)cc1. The minimum absolute atomic E-state index is 0.210. The first kappa shape index (κ1) is 21.6. The van der Waals surface area contributed by atoms with E-state index >= 15 is 0 Å². The molecule has 2 aromatic heterocycles. The molecular formula is C24H23BrN2O4S. The highest BCUT2D eigenvalue weighted by Gasteiger charge is 2.24. The third-order valence-electron chi connectivity index (χ3n) is 5.74. The number of pyridine rings is 1. The second-order valence-electron chi connectivity index (χ2n) is 8.04. The molecule has 6 nitrogen and oxygen atoms in total. The average molecular weight is 515 g/mol. The highest BCUT2D eigenvalue weighted by Crippen LogP contribution is 2.34. The van der Waals surface area contributed by atoms with Gasteiger partial charge < -0.3 is 9.47 Å². The van der Waals surface area contributed by atoms with E-state index in [9.17, 15) is 8.42 Å². The van der Waals surface area contributed by atoms with E-state index in [0.717, 1.165) is 52.4 Å². The van der Waals surface area contributed by atoms with Crippen molar-refractivity contribution in [1.82, 2.24) is 8.96 Å². The van der Waals surface area contributed by atoms with Gasteiger partial charge in [0.25, 0.3) is 10.0 Å². The normalized spacial score (nSPS) is 17.2. The molecule has 32 heavy (non-hydrogen) atoms. The van der Waals surface area contributed by atoms with E-state index in [1.807, 2.05) is 31.2 Å². The van der Waals surface area contributed by atoms with Crippen molar-refractivity contribution in [3.8, 4) is 0 Å². The number of aryl methyl sites for hydroxylation is 1. The van der Waals surface area contributed by atoms with Crippen LogP contribution >= 0.6 is 15.9 Å². The average Bonchev–Trinajstić information content (AvgIpc) is 3.12. The Bertz CT molecular complexity index is 1390. The summed E-state index contributed by atoms with van der Waals surface area (Å²) in [4.78, 5) is 4.76. The highest BCUT2D eigenvalue weighted by atomic mass is 79.9. The molecule has 1 atom stereocenters. The largest absolute Gasteiger partial charge is 0.353 e. The first-order valence-electron chi connectivity index (χ1n) is 10.6. The van der Waals surface area contributed by atoms with Gasteiger partial charge in [-0.05, 0) is 62.6 Å². The minimum Gasteiger partial charge on any atom is -0.353 e. The second kappa shape index (κ2) is 8.59. The van der Waals surface area contributed by atoms with Crippen LogP contribution in [0.25, 0.3) is 21.8 Å². The lowest BCUT2D eigenvalue weighted by Gasteiger charge is -2.22. The van der Waals surface area contributed by atoms with Gasteiger partial charge in [0.05, 0.1) is 34.4 Å². The number of benzene rings is 2. The summed E-state index contributed by atoms with van der Waals surface area (Å²) in [5, 5.41) is 1.65. The predicted molar refractivity (Wildman–Crippen MR) is 127 cm³/mol. The molecule has 4 aromatic rings. The summed E-state index contributed by atoms with van der Waals surface area (Å²) in [7, 11) is -3.81. The van der Waals surface area contributed by atoms with Crippen molar-refractivity contribution in [3.63, 3.8) is 0 Å². The molecule has 0 amide bonds. The molecule has 0 radical (unpaired) electrons.